The summed E-state index contributed by atoms with van der Waals surface area (Å²) in [7, 11) is 0. The van der Waals surface area contributed by atoms with E-state index >= 15 is 0 Å². The smallest absolute Gasteiger partial charge is 0.288 e. The van der Waals surface area contributed by atoms with Crippen LogP contribution in [0.3, 0.4) is 0 Å². The second-order valence-corrected chi connectivity index (χ2v) is 5.44. The summed E-state index contributed by atoms with van der Waals surface area (Å²) in [4.78, 5) is 22.4. The number of nitro benzene ring substituents is 1. The largest absolute Gasteiger partial charge is 0.349 e. The summed E-state index contributed by atoms with van der Waals surface area (Å²) in [6.07, 6.45) is 6.52. The molecule has 6 heteroatoms. The van der Waals surface area contributed by atoms with Crippen molar-refractivity contribution in [3.8, 4) is 0 Å². The normalized spacial score (nSPS) is 16.4. The first-order valence-corrected chi connectivity index (χ1v) is 7.21. The number of benzene rings is 1. The van der Waals surface area contributed by atoms with Crippen molar-refractivity contribution in [2.45, 2.75) is 44.6 Å². The second-order valence-electron chi connectivity index (χ2n) is 5.06. The molecule has 0 spiro atoms. The minimum absolute atomic E-state index is 0.0939. The lowest BCUT2D eigenvalue weighted by Crippen LogP contribution is -2.34. The van der Waals surface area contributed by atoms with Crippen molar-refractivity contribution in [2.24, 2.45) is 0 Å². The van der Waals surface area contributed by atoms with Gasteiger partial charge in [-0.25, -0.2) is 0 Å². The number of rotatable bonds is 3. The van der Waals surface area contributed by atoms with Crippen LogP contribution in [0, 0.1) is 10.1 Å². The van der Waals surface area contributed by atoms with Crippen LogP contribution in [0.15, 0.2) is 18.2 Å². The molecule has 0 aliphatic heterocycles. The highest BCUT2D eigenvalue weighted by Gasteiger charge is 2.22. The first-order valence-electron chi connectivity index (χ1n) is 6.83. The lowest BCUT2D eigenvalue weighted by atomic mass is 10.1. The molecule has 1 aromatic carbocycles. The zero-order chi connectivity index (χ0) is 14.5. The molecule has 1 aliphatic rings. The highest BCUT2D eigenvalue weighted by Crippen LogP contribution is 2.28. The lowest BCUT2D eigenvalue weighted by Gasteiger charge is -2.16. The molecular weight excluding hydrogens is 280 g/mol. The Labute approximate surface area is 122 Å². The number of carbonyl (C=O) groups is 1. The summed E-state index contributed by atoms with van der Waals surface area (Å²) in [6.45, 7) is 0. The average molecular weight is 297 g/mol. The van der Waals surface area contributed by atoms with Gasteiger partial charge in [-0.05, 0) is 18.9 Å². The quantitative estimate of drug-likeness (QED) is 0.525. The fourth-order valence-corrected chi connectivity index (χ4v) is 2.80. The lowest BCUT2D eigenvalue weighted by molar-refractivity contribution is -0.384. The molecule has 1 amide bonds. The van der Waals surface area contributed by atoms with Crippen LogP contribution in [-0.2, 0) is 0 Å². The first-order chi connectivity index (χ1) is 9.59. The van der Waals surface area contributed by atoms with Gasteiger partial charge in [0.1, 0.15) is 5.02 Å². The van der Waals surface area contributed by atoms with E-state index in [1.807, 2.05) is 0 Å². The Balaban J connectivity index is 2.12. The monoisotopic (exact) mass is 296 g/mol. The average Bonchev–Trinajstić information content (AvgIpc) is 2.67. The van der Waals surface area contributed by atoms with E-state index < -0.39 is 4.92 Å². The number of nitrogens with one attached hydrogen (secondary N) is 1. The summed E-state index contributed by atoms with van der Waals surface area (Å²) < 4.78 is 0. The van der Waals surface area contributed by atoms with Crippen molar-refractivity contribution >= 4 is 23.2 Å². The molecule has 0 heterocycles. The maximum Gasteiger partial charge on any atom is 0.288 e. The van der Waals surface area contributed by atoms with Crippen LogP contribution in [0.4, 0.5) is 5.69 Å². The van der Waals surface area contributed by atoms with Crippen molar-refractivity contribution in [3.05, 3.63) is 38.9 Å². The molecule has 1 saturated carbocycles. The van der Waals surface area contributed by atoms with E-state index in [9.17, 15) is 14.9 Å². The Morgan fingerprint density at radius 1 is 1.25 bits per heavy atom. The van der Waals surface area contributed by atoms with Crippen molar-refractivity contribution in [1.29, 1.82) is 0 Å². The Hall–Kier alpha value is -1.62. The van der Waals surface area contributed by atoms with E-state index in [2.05, 4.69) is 5.32 Å². The van der Waals surface area contributed by atoms with Gasteiger partial charge in [-0.1, -0.05) is 43.4 Å². The predicted octanol–water partition coefficient (Wildman–Crippen LogP) is 3.70. The first kappa shape index (κ1) is 14.8. The Morgan fingerprint density at radius 2 is 1.90 bits per heavy atom. The number of nitro groups is 1. The Kier molecular flexibility index (Phi) is 4.95. The van der Waals surface area contributed by atoms with E-state index in [1.165, 1.54) is 31.0 Å². The van der Waals surface area contributed by atoms with Gasteiger partial charge >= 0.3 is 0 Å². The standard InChI is InChI=1S/C14H17ClN2O3/c15-13-11(8-5-9-12(13)17(19)20)14(18)16-10-6-3-1-2-4-7-10/h5,8-10H,1-4,6-7H2,(H,16,18). The number of hydrogen-bond acceptors (Lipinski definition) is 3. The van der Waals surface area contributed by atoms with Crippen LogP contribution in [-0.4, -0.2) is 16.9 Å². The fraction of sp³-hybridized carbons (Fsp3) is 0.500. The molecule has 0 radical (unpaired) electrons. The van der Waals surface area contributed by atoms with Crippen LogP contribution < -0.4 is 5.32 Å². The molecule has 1 aromatic rings. The molecule has 0 bridgehead atoms. The second kappa shape index (κ2) is 6.70. The summed E-state index contributed by atoms with van der Waals surface area (Å²) in [6, 6.07) is 4.43. The van der Waals surface area contributed by atoms with Crippen molar-refractivity contribution in [2.75, 3.05) is 0 Å². The SMILES string of the molecule is O=C(NC1CCCCCC1)c1cccc([N+](=O)[O-])c1Cl. The van der Waals surface area contributed by atoms with Crippen molar-refractivity contribution in [3.63, 3.8) is 0 Å². The third kappa shape index (κ3) is 3.48. The van der Waals surface area contributed by atoms with Crippen molar-refractivity contribution < 1.29 is 9.72 Å². The number of halogens is 1. The summed E-state index contributed by atoms with van der Waals surface area (Å²) in [5, 5.41) is 13.7. The molecule has 108 valence electrons. The van der Waals surface area contributed by atoms with Gasteiger partial charge in [-0.3, -0.25) is 14.9 Å². The number of nitrogens with zero attached hydrogens (tertiary/aromatic N) is 1. The third-order valence-corrected chi connectivity index (χ3v) is 4.01. The maximum absolute atomic E-state index is 12.2. The molecule has 0 aromatic heterocycles. The zero-order valence-electron chi connectivity index (χ0n) is 11.1. The summed E-state index contributed by atoms with van der Waals surface area (Å²) in [5.74, 6) is -0.328. The molecule has 0 atom stereocenters. The van der Waals surface area contributed by atoms with E-state index in [4.69, 9.17) is 11.6 Å². The third-order valence-electron chi connectivity index (χ3n) is 3.61. The number of hydrogen-bond donors (Lipinski definition) is 1. The van der Waals surface area contributed by atoms with Gasteiger partial charge in [0, 0.05) is 12.1 Å². The molecular formula is C14H17ClN2O3. The molecule has 1 fully saturated rings. The summed E-state index contributed by atoms with van der Waals surface area (Å²) in [5.41, 5.74) is -0.0645. The molecule has 1 aliphatic carbocycles. The van der Waals surface area contributed by atoms with Gasteiger partial charge in [-0.15, -0.1) is 0 Å². The van der Waals surface area contributed by atoms with Gasteiger partial charge in [0.2, 0.25) is 0 Å². The molecule has 1 N–H and O–H groups in total. The number of amides is 1. The van der Waals surface area contributed by atoms with E-state index in [0.717, 1.165) is 25.7 Å². The van der Waals surface area contributed by atoms with E-state index in [-0.39, 0.29) is 28.2 Å². The molecule has 2 rings (SSSR count). The molecule has 0 saturated heterocycles. The van der Waals surface area contributed by atoms with Gasteiger partial charge in [0.05, 0.1) is 10.5 Å². The minimum Gasteiger partial charge on any atom is -0.349 e. The van der Waals surface area contributed by atoms with Crippen LogP contribution >= 0.6 is 11.6 Å². The van der Waals surface area contributed by atoms with Gasteiger partial charge in [0.25, 0.3) is 11.6 Å². The Bertz CT molecular complexity index is 511. The maximum atomic E-state index is 12.2. The minimum atomic E-state index is -0.579. The van der Waals surface area contributed by atoms with E-state index in [1.54, 1.807) is 0 Å². The molecule has 20 heavy (non-hydrogen) atoms. The molecule has 0 unspecified atom stereocenters. The van der Waals surface area contributed by atoms with Gasteiger partial charge < -0.3 is 5.32 Å². The van der Waals surface area contributed by atoms with Crippen LogP contribution in [0.25, 0.3) is 0 Å². The topological polar surface area (TPSA) is 72.2 Å². The van der Waals surface area contributed by atoms with Gasteiger partial charge in [0.15, 0.2) is 0 Å². The van der Waals surface area contributed by atoms with Crippen LogP contribution in [0.5, 0.6) is 0 Å². The highest BCUT2D eigenvalue weighted by molar-refractivity contribution is 6.35. The zero-order valence-corrected chi connectivity index (χ0v) is 11.9. The predicted molar refractivity (Wildman–Crippen MR) is 77.1 cm³/mol. The van der Waals surface area contributed by atoms with Crippen molar-refractivity contribution in [1.82, 2.24) is 5.32 Å². The molecule has 5 nitrogen and oxygen atoms in total. The number of carbonyl (C=O) groups excluding carboxylic acids is 1. The van der Waals surface area contributed by atoms with Crippen LogP contribution in [0.1, 0.15) is 48.9 Å². The van der Waals surface area contributed by atoms with Gasteiger partial charge in [-0.2, -0.15) is 0 Å². The fourth-order valence-electron chi connectivity index (χ4n) is 2.52. The summed E-state index contributed by atoms with van der Waals surface area (Å²) >= 11 is 5.95. The van der Waals surface area contributed by atoms with Crippen LogP contribution in [0.2, 0.25) is 5.02 Å². The van der Waals surface area contributed by atoms with E-state index in [0.29, 0.717) is 0 Å². The Morgan fingerprint density at radius 3 is 2.50 bits per heavy atom. The highest BCUT2D eigenvalue weighted by atomic mass is 35.5.